The first-order chi connectivity index (χ1) is 14.0. The molecule has 0 spiro atoms. The van der Waals surface area contributed by atoms with Gasteiger partial charge in [0, 0.05) is 23.1 Å². The fourth-order valence-electron chi connectivity index (χ4n) is 3.14. The number of rotatable bonds is 5. The number of nitrogens with one attached hydrogen (secondary N) is 2. The van der Waals surface area contributed by atoms with E-state index in [2.05, 4.69) is 34.4 Å². The quantitative estimate of drug-likeness (QED) is 0.660. The van der Waals surface area contributed by atoms with Crippen molar-refractivity contribution in [2.24, 2.45) is 0 Å². The Hall–Kier alpha value is -3.61. The van der Waals surface area contributed by atoms with E-state index in [1.807, 2.05) is 49.4 Å². The molecule has 1 aromatic heterocycles. The maximum Gasteiger partial charge on any atom is 0.274 e. The fourth-order valence-corrected chi connectivity index (χ4v) is 3.14. The molecule has 0 aliphatic carbocycles. The number of aryl methyl sites for hydroxylation is 1. The number of aromatic nitrogens is 2. The molecule has 7 heteroatoms. The average Bonchev–Trinajstić information content (AvgIpc) is 3.15. The Morgan fingerprint density at radius 2 is 1.83 bits per heavy atom. The second-order valence-electron chi connectivity index (χ2n) is 7.11. The first-order valence-corrected chi connectivity index (χ1v) is 9.42. The molecule has 2 aromatic carbocycles. The summed E-state index contributed by atoms with van der Waals surface area (Å²) in [5.41, 5.74) is 3.58. The number of para-hydroxylation sites is 1. The van der Waals surface area contributed by atoms with Crippen molar-refractivity contribution in [2.75, 3.05) is 17.4 Å². The number of ether oxygens (including phenoxy) is 2. The van der Waals surface area contributed by atoms with Crippen molar-refractivity contribution in [3.05, 3.63) is 65.5 Å². The highest BCUT2D eigenvalue weighted by Crippen LogP contribution is 2.34. The van der Waals surface area contributed by atoms with Crippen molar-refractivity contribution in [2.45, 2.75) is 26.7 Å². The van der Waals surface area contributed by atoms with Crippen LogP contribution in [0.25, 0.3) is 0 Å². The summed E-state index contributed by atoms with van der Waals surface area (Å²) < 4.78 is 10.7. The molecule has 1 amide bonds. The van der Waals surface area contributed by atoms with Gasteiger partial charge in [-0.25, -0.2) is 9.97 Å². The standard InChI is InChI=1S/C22H22N4O3/c1-13(2)16-6-4-5-7-17(16)25-21(27)18-10-14(3)23-22(26-18)24-15-8-9-19-20(11-15)29-12-28-19/h4-11,13H,12H2,1-3H3,(H,25,27)(H,23,24,26). The smallest absolute Gasteiger partial charge is 0.274 e. The van der Waals surface area contributed by atoms with Gasteiger partial charge in [-0.05, 0) is 42.7 Å². The highest BCUT2D eigenvalue weighted by molar-refractivity contribution is 6.03. The van der Waals surface area contributed by atoms with E-state index >= 15 is 0 Å². The third-order valence-electron chi connectivity index (χ3n) is 4.55. The third-order valence-corrected chi connectivity index (χ3v) is 4.55. The zero-order valence-corrected chi connectivity index (χ0v) is 16.5. The van der Waals surface area contributed by atoms with Crippen LogP contribution in [0.2, 0.25) is 0 Å². The topological polar surface area (TPSA) is 85.4 Å². The lowest BCUT2D eigenvalue weighted by atomic mass is 10.0. The second-order valence-corrected chi connectivity index (χ2v) is 7.11. The van der Waals surface area contributed by atoms with E-state index in [0.717, 1.165) is 16.9 Å². The Kier molecular flexibility index (Phi) is 5.03. The van der Waals surface area contributed by atoms with Gasteiger partial charge in [-0.2, -0.15) is 0 Å². The fraction of sp³-hybridized carbons (Fsp3) is 0.227. The van der Waals surface area contributed by atoms with Gasteiger partial charge in [0.25, 0.3) is 5.91 Å². The molecule has 148 valence electrons. The molecule has 4 rings (SSSR count). The summed E-state index contributed by atoms with van der Waals surface area (Å²) in [6.07, 6.45) is 0. The number of hydrogen-bond donors (Lipinski definition) is 2. The first kappa shape index (κ1) is 18.7. The van der Waals surface area contributed by atoms with E-state index in [1.54, 1.807) is 6.07 Å². The molecular formula is C22H22N4O3. The predicted octanol–water partition coefficient (Wildman–Crippen LogP) is 4.63. The summed E-state index contributed by atoms with van der Waals surface area (Å²) in [5.74, 6) is 1.71. The molecule has 3 aromatic rings. The molecule has 0 radical (unpaired) electrons. The van der Waals surface area contributed by atoms with Gasteiger partial charge >= 0.3 is 0 Å². The van der Waals surface area contributed by atoms with Gasteiger partial charge in [-0.15, -0.1) is 0 Å². The monoisotopic (exact) mass is 390 g/mol. The molecule has 1 aliphatic heterocycles. The van der Waals surface area contributed by atoms with Crippen LogP contribution in [0.5, 0.6) is 11.5 Å². The summed E-state index contributed by atoms with van der Waals surface area (Å²) in [4.78, 5) is 21.6. The minimum atomic E-state index is -0.280. The number of amides is 1. The van der Waals surface area contributed by atoms with Gasteiger partial charge in [-0.3, -0.25) is 4.79 Å². The Labute approximate surface area is 169 Å². The summed E-state index contributed by atoms with van der Waals surface area (Å²) >= 11 is 0. The molecule has 0 saturated carbocycles. The SMILES string of the molecule is Cc1cc(C(=O)Nc2ccccc2C(C)C)nc(Nc2ccc3c(c2)OCO3)n1. The van der Waals surface area contributed by atoms with Crippen molar-refractivity contribution < 1.29 is 14.3 Å². The third kappa shape index (κ3) is 4.13. The Morgan fingerprint density at radius 3 is 2.66 bits per heavy atom. The first-order valence-electron chi connectivity index (χ1n) is 9.42. The van der Waals surface area contributed by atoms with Crippen molar-refractivity contribution in [1.82, 2.24) is 9.97 Å². The molecule has 2 heterocycles. The molecule has 7 nitrogen and oxygen atoms in total. The van der Waals surface area contributed by atoms with E-state index in [9.17, 15) is 4.79 Å². The molecule has 0 atom stereocenters. The Balaban J connectivity index is 1.56. The van der Waals surface area contributed by atoms with Crippen LogP contribution in [0, 0.1) is 6.92 Å². The summed E-state index contributed by atoms with van der Waals surface area (Å²) in [7, 11) is 0. The summed E-state index contributed by atoms with van der Waals surface area (Å²) in [6.45, 7) is 6.22. The largest absolute Gasteiger partial charge is 0.454 e. The van der Waals surface area contributed by atoms with E-state index in [-0.39, 0.29) is 12.7 Å². The number of nitrogens with zero attached hydrogens (tertiary/aromatic N) is 2. The molecule has 0 saturated heterocycles. The van der Waals surface area contributed by atoms with Gasteiger partial charge in [0.1, 0.15) is 5.69 Å². The minimum Gasteiger partial charge on any atom is -0.454 e. The highest BCUT2D eigenvalue weighted by atomic mass is 16.7. The van der Waals surface area contributed by atoms with Gasteiger partial charge in [0.15, 0.2) is 11.5 Å². The maximum absolute atomic E-state index is 12.8. The lowest BCUT2D eigenvalue weighted by molar-refractivity contribution is 0.102. The lowest BCUT2D eigenvalue weighted by Gasteiger charge is -2.14. The zero-order chi connectivity index (χ0) is 20.4. The van der Waals surface area contributed by atoms with Crippen LogP contribution in [0.15, 0.2) is 48.5 Å². The predicted molar refractivity (Wildman–Crippen MR) is 111 cm³/mol. The molecule has 0 unspecified atom stereocenters. The van der Waals surface area contributed by atoms with Crippen molar-refractivity contribution in [3.63, 3.8) is 0 Å². The number of carbonyl (C=O) groups excluding carboxylic acids is 1. The second kappa shape index (κ2) is 7.79. The van der Waals surface area contributed by atoms with Crippen LogP contribution >= 0.6 is 0 Å². The number of benzene rings is 2. The van der Waals surface area contributed by atoms with E-state index in [1.165, 1.54) is 0 Å². The molecular weight excluding hydrogens is 368 g/mol. The van der Waals surface area contributed by atoms with Crippen molar-refractivity contribution in [1.29, 1.82) is 0 Å². The number of anilines is 3. The highest BCUT2D eigenvalue weighted by Gasteiger charge is 2.16. The average molecular weight is 390 g/mol. The summed E-state index contributed by atoms with van der Waals surface area (Å²) in [5, 5.41) is 6.09. The van der Waals surface area contributed by atoms with Crippen LogP contribution in [0.1, 0.15) is 41.5 Å². The molecule has 0 fully saturated rings. The van der Waals surface area contributed by atoms with Gasteiger partial charge in [-0.1, -0.05) is 32.0 Å². The zero-order valence-electron chi connectivity index (χ0n) is 16.5. The van der Waals surface area contributed by atoms with Crippen molar-refractivity contribution >= 4 is 23.2 Å². The molecule has 0 bridgehead atoms. The molecule has 1 aliphatic rings. The maximum atomic E-state index is 12.8. The van der Waals surface area contributed by atoms with Crippen LogP contribution in [-0.4, -0.2) is 22.7 Å². The van der Waals surface area contributed by atoms with E-state index in [0.29, 0.717) is 34.8 Å². The molecule has 2 N–H and O–H groups in total. The summed E-state index contributed by atoms with van der Waals surface area (Å²) in [6, 6.07) is 14.9. The van der Waals surface area contributed by atoms with Gasteiger partial charge < -0.3 is 20.1 Å². The van der Waals surface area contributed by atoms with Crippen LogP contribution in [0.3, 0.4) is 0 Å². The van der Waals surface area contributed by atoms with E-state index < -0.39 is 0 Å². The van der Waals surface area contributed by atoms with Crippen molar-refractivity contribution in [3.8, 4) is 11.5 Å². The Morgan fingerprint density at radius 1 is 1.03 bits per heavy atom. The number of hydrogen-bond acceptors (Lipinski definition) is 6. The minimum absolute atomic E-state index is 0.210. The number of fused-ring (bicyclic) bond motifs is 1. The van der Waals surface area contributed by atoms with Gasteiger partial charge in [0.2, 0.25) is 12.7 Å². The van der Waals surface area contributed by atoms with Crippen LogP contribution < -0.4 is 20.1 Å². The Bertz CT molecular complexity index is 1070. The normalized spacial score (nSPS) is 12.1. The van der Waals surface area contributed by atoms with E-state index in [4.69, 9.17) is 9.47 Å². The van der Waals surface area contributed by atoms with Crippen LogP contribution in [-0.2, 0) is 0 Å². The lowest BCUT2D eigenvalue weighted by Crippen LogP contribution is -2.16. The van der Waals surface area contributed by atoms with Crippen LogP contribution in [0.4, 0.5) is 17.3 Å². The molecule has 29 heavy (non-hydrogen) atoms. The van der Waals surface area contributed by atoms with Gasteiger partial charge in [0.05, 0.1) is 0 Å². The number of carbonyl (C=O) groups is 1.